The SMILES string of the molecule is CN(C=O)[C@@H]1CCCc2ccccc21. The van der Waals surface area contributed by atoms with Crippen LogP contribution in [-0.2, 0) is 11.2 Å². The van der Waals surface area contributed by atoms with E-state index in [1.54, 1.807) is 4.90 Å². The minimum absolute atomic E-state index is 0.289. The number of amides is 1. The summed E-state index contributed by atoms with van der Waals surface area (Å²) in [5.41, 5.74) is 2.73. The maximum Gasteiger partial charge on any atom is 0.209 e. The molecule has 0 aromatic heterocycles. The van der Waals surface area contributed by atoms with E-state index in [0.29, 0.717) is 0 Å². The first kappa shape index (κ1) is 9.25. The number of carbonyl (C=O) groups excluding carboxylic acids is 1. The lowest BCUT2D eigenvalue weighted by Crippen LogP contribution is -2.26. The van der Waals surface area contributed by atoms with Crippen molar-refractivity contribution in [1.29, 1.82) is 0 Å². The molecule has 1 aromatic carbocycles. The Hall–Kier alpha value is -1.31. The largest absolute Gasteiger partial charge is 0.341 e. The average Bonchev–Trinajstić information content (AvgIpc) is 2.27. The molecule has 0 unspecified atom stereocenters. The third-order valence-corrected chi connectivity index (χ3v) is 3.00. The molecule has 1 aromatic rings. The van der Waals surface area contributed by atoms with Crippen LogP contribution in [0.1, 0.15) is 30.0 Å². The summed E-state index contributed by atoms with van der Waals surface area (Å²) in [4.78, 5) is 12.5. The number of benzene rings is 1. The van der Waals surface area contributed by atoms with E-state index in [2.05, 4.69) is 24.3 Å². The Balaban J connectivity index is 2.35. The quantitative estimate of drug-likeness (QED) is 0.653. The molecule has 0 saturated carbocycles. The lowest BCUT2D eigenvalue weighted by molar-refractivity contribution is -0.119. The first-order valence-electron chi connectivity index (χ1n) is 5.08. The van der Waals surface area contributed by atoms with Crippen molar-refractivity contribution >= 4 is 6.41 Å². The van der Waals surface area contributed by atoms with Crippen LogP contribution in [0.3, 0.4) is 0 Å². The van der Waals surface area contributed by atoms with Crippen LogP contribution in [0.25, 0.3) is 0 Å². The Labute approximate surface area is 84.5 Å². The van der Waals surface area contributed by atoms with Crippen LogP contribution in [-0.4, -0.2) is 18.4 Å². The average molecular weight is 189 g/mol. The van der Waals surface area contributed by atoms with E-state index >= 15 is 0 Å². The standard InChI is InChI=1S/C12H15NO/c1-13(9-14)12-8-4-6-10-5-2-3-7-11(10)12/h2-3,5,7,9,12H,4,6,8H2,1H3/t12-/m1/s1. The molecule has 0 N–H and O–H groups in total. The van der Waals surface area contributed by atoms with Crippen molar-refractivity contribution in [2.45, 2.75) is 25.3 Å². The van der Waals surface area contributed by atoms with Gasteiger partial charge in [-0.1, -0.05) is 24.3 Å². The summed E-state index contributed by atoms with van der Waals surface area (Å²) in [5.74, 6) is 0. The third-order valence-electron chi connectivity index (χ3n) is 3.00. The minimum Gasteiger partial charge on any atom is -0.341 e. The number of nitrogens with zero attached hydrogens (tertiary/aromatic N) is 1. The van der Waals surface area contributed by atoms with E-state index in [1.165, 1.54) is 17.5 Å². The maximum absolute atomic E-state index is 10.7. The van der Waals surface area contributed by atoms with Gasteiger partial charge >= 0.3 is 0 Å². The van der Waals surface area contributed by atoms with Gasteiger partial charge in [0.05, 0.1) is 6.04 Å². The number of fused-ring (bicyclic) bond motifs is 1. The third kappa shape index (κ3) is 1.52. The van der Waals surface area contributed by atoms with Crippen LogP contribution in [0.4, 0.5) is 0 Å². The molecule has 0 radical (unpaired) electrons. The van der Waals surface area contributed by atoms with Gasteiger partial charge in [0.15, 0.2) is 0 Å². The molecule has 2 rings (SSSR count). The second-order valence-electron chi connectivity index (χ2n) is 3.88. The summed E-state index contributed by atoms with van der Waals surface area (Å²) in [6.45, 7) is 0. The lowest BCUT2D eigenvalue weighted by Gasteiger charge is -2.30. The molecule has 2 nitrogen and oxygen atoms in total. The van der Waals surface area contributed by atoms with Gasteiger partial charge in [-0.2, -0.15) is 0 Å². The van der Waals surface area contributed by atoms with Crippen LogP contribution < -0.4 is 0 Å². The highest BCUT2D eigenvalue weighted by Crippen LogP contribution is 2.32. The van der Waals surface area contributed by atoms with E-state index in [1.807, 2.05) is 7.05 Å². The van der Waals surface area contributed by atoms with E-state index in [4.69, 9.17) is 0 Å². The number of hydrogen-bond donors (Lipinski definition) is 0. The van der Waals surface area contributed by atoms with Crippen molar-refractivity contribution in [2.24, 2.45) is 0 Å². The molecule has 0 spiro atoms. The zero-order valence-electron chi connectivity index (χ0n) is 8.44. The molecule has 2 heteroatoms. The molecule has 1 aliphatic rings. The molecule has 0 heterocycles. The summed E-state index contributed by atoms with van der Waals surface area (Å²) in [7, 11) is 1.86. The highest BCUT2D eigenvalue weighted by molar-refractivity contribution is 5.49. The van der Waals surface area contributed by atoms with Crippen LogP contribution in [0, 0.1) is 0 Å². The van der Waals surface area contributed by atoms with Crippen LogP contribution in [0.5, 0.6) is 0 Å². The van der Waals surface area contributed by atoms with Gasteiger partial charge in [-0.05, 0) is 30.4 Å². The lowest BCUT2D eigenvalue weighted by atomic mass is 9.87. The number of carbonyl (C=O) groups is 1. The number of rotatable bonds is 2. The van der Waals surface area contributed by atoms with Gasteiger partial charge in [0, 0.05) is 7.05 Å². The minimum atomic E-state index is 0.289. The molecule has 14 heavy (non-hydrogen) atoms. The summed E-state index contributed by atoms with van der Waals surface area (Å²) in [6.07, 6.45) is 4.35. The van der Waals surface area contributed by atoms with Gasteiger partial charge in [0.1, 0.15) is 0 Å². The van der Waals surface area contributed by atoms with Crippen molar-refractivity contribution in [1.82, 2.24) is 4.90 Å². The summed E-state index contributed by atoms with van der Waals surface area (Å²) in [5, 5.41) is 0. The Kier molecular flexibility index (Phi) is 2.53. The Bertz CT molecular complexity index is 335. The second kappa shape index (κ2) is 3.82. The fourth-order valence-corrected chi connectivity index (χ4v) is 2.22. The van der Waals surface area contributed by atoms with Gasteiger partial charge in [0.25, 0.3) is 0 Å². The Morgan fingerprint density at radius 3 is 3.00 bits per heavy atom. The molecule has 0 bridgehead atoms. The highest BCUT2D eigenvalue weighted by atomic mass is 16.1. The first-order chi connectivity index (χ1) is 6.83. The van der Waals surface area contributed by atoms with Crippen molar-refractivity contribution < 1.29 is 4.79 Å². The summed E-state index contributed by atoms with van der Waals surface area (Å²) < 4.78 is 0. The predicted octanol–water partition coefficient (Wildman–Crippen LogP) is 2.15. The van der Waals surface area contributed by atoms with E-state index in [-0.39, 0.29) is 6.04 Å². The zero-order valence-corrected chi connectivity index (χ0v) is 8.44. The fourth-order valence-electron chi connectivity index (χ4n) is 2.22. The first-order valence-corrected chi connectivity index (χ1v) is 5.08. The van der Waals surface area contributed by atoms with Crippen molar-refractivity contribution in [3.63, 3.8) is 0 Å². The number of aryl methyl sites for hydroxylation is 1. The van der Waals surface area contributed by atoms with E-state index < -0.39 is 0 Å². The molecule has 1 atom stereocenters. The van der Waals surface area contributed by atoms with Crippen molar-refractivity contribution in [3.8, 4) is 0 Å². The molecule has 0 saturated heterocycles. The van der Waals surface area contributed by atoms with E-state index in [0.717, 1.165) is 19.3 Å². The Morgan fingerprint density at radius 1 is 1.43 bits per heavy atom. The van der Waals surface area contributed by atoms with Gasteiger partial charge in [0.2, 0.25) is 6.41 Å². The zero-order chi connectivity index (χ0) is 9.97. The van der Waals surface area contributed by atoms with Crippen LogP contribution >= 0.6 is 0 Å². The van der Waals surface area contributed by atoms with Gasteiger partial charge in [-0.15, -0.1) is 0 Å². The highest BCUT2D eigenvalue weighted by Gasteiger charge is 2.22. The molecule has 0 aliphatic heterocycles. The Morgan fingerprint density at radius 2 is 2.21 bits per heavy atom. The summed E-state index contributed by atoms with van der Waals surface area (Å²) >= 11 is 0. The maximum atomic E-state index is 10.7. The topological polar surface area (TPSA) is 20.3 Å². The second-order valence-corrected chi connectivity index (χ2v) is 3.88. The predicted molar refractivity (Wildman–Crippen MR) is 55.9 cm³/mol. The summed E-state index contributed by atoms with van der Waals surface area (Å²) in [6, 6.07) is 8.72. The molecule has 74 valence electrons. The van der Waals surface area contributed by atoms with Crippen LogP contribution in [0.2, 0.25) is 0 Å². The smallest absolute Gasteiger partial charge is 0.209 e. The molecule has 1 aliphatic carbocycles. The fraction of sp³-hybridized carbons (Fsp3) is 0.417. The van der Waals surface area contributed by atoms with Crippen molar-refractivity contribution in [2.75, 3.05) is 7.05 Å². The molecular formula is C12H15NO. The monoisotopic (exact) mass is 189 g/mol. The van der Waals surface area contributed by atoms with Gasteiger partial charge < -0.3 is 4.90 Å². The van der Waals surface area contributed by atoms with Crippen LogP contribution in [0.15, 0.2) is 24.3 Å². The van der Waals surface area contributed by atoms with Gasteiger partial charge in [-0.3, -0.25) is 4.79 Å². The number of hydrogen-bond acceptors (Lipinski definition) is 1. The normalized spacial score (nSPS) is 19.9. The van der Waals surface area contributed by atoms with Crippen molar-refractivity contribution in [3.05, 3.63) is 35.4 Å². The van der Waals surface area contributed by atoms with E-state index in [9.17, 15) is 4.79 Å². The molecule has 0 fully saturated rings. The van der Waals surface area contributed by atoms with Gasteiger partial charge in [-0.25, -0.2) is 0 Å². The molecular weight excluding hydrogens is 174 g/mol. The molecule has 1 amide bonds.